The Balaban J connectivity index is 2.06. The van der Waals surface area contributed by atoms with Gasteiger partial charge in [0.2, 0.25) is 0 Å². The van der Waals surface area contributed by atoms with E-state index in [2.05, 4.69) is 48.4 Å². The van der Waals surface area contributed by atoms with Crippen molar-refractivity contribution in [3.05, 3.63) is 45.4 Å². The molecule has 1 heterocycles. The molecule has 1 aromatic heterocycles. The fourth-order valence-corrected chi connectivity index (χ4v) is 3.09. The molecule has 2 N–H and O–H groups in total. The molecule has 1 aromatic carbocycles. The lowest BCUT2D eigenvalue weighted by molar-refractivity contribution is 0.299. The molecule has 0 saturated carbocycles. The summed E-state index contributed by atoms with van der Waals surface area (Å²) in [6.45, 7) is 6.45. The van der Waals surface area contributed by atoms with E-state index in [0.29, 0.717) is 6.42 Å². The number of anilines is 1. The molecule has 0 radical (unpaired) electrons. The van der Waals surface area contributed by atoms with Crippen LogP contribution in [-0.2, 0) is 6.42 Å². The Morgan fingerprint density at radius 2 is 1.95 bits per heavy atom. The molecular formula is C15H20N2OS. The number of benzene rings is 1. The summed E-state index contributed by atoms with van der Waals surface area (Å²) >= 11 is 1.75. The van der Waals surface area contributed by atoms with Gasteiger partial charge in [-0.05, 0) is 44.9 Å². The zero-order chi connectivity index (χ0) is 13.8. The number of nitrogens with zero attached hydrogens (tertiary/aromatic N) is 1. The lowest BCUT2D eigenvalue weighted by atomic mass is 10.1. The SMILES string of the molecule is Cc1nc(C)c(C(C)Nc2ccc(CCO)cc2)s1. The van der Waals surface area contributed by atoms with Crippen molar-refractivity contribution in [1.82, 2.24) is 4.98 Å². The molecule has 0 aliphatic rings. The van der Waals surface area contributed by atoms with Gasteiger partial charge in [0.05, 0.1) is 16.7 Å². The highest BCUT2D eigenvalue weighted by Gasteiger charge is 2.12. The fraction of sp³-hybridized carbons (Fsp3) is 0.400. The molecule has 0 saturated heterocycles. The third-order valence-electron chi connectivity index (χ3n) is 3.07. The number of nitrogens with one attached hydrogen (secondary N) is 1. The van der Waals surface area contributed by atoms with Crippen molar-refractivity contribution in [1.29, 1.82) is 0 Å². The zero-order valence-corrected chi connectivity index (χ0v) is 12.4. The molecule has 2 rings (SSSR count). The first-order valence-electron chi connectivity index (χ1n) is 6.50. The quantitative estimate of drug-likeness (QED) is 0.879. The molecule has 0 spiro atoms. The Kier molecular flexibility index (Phi) is 4.56. The Labute approximate surface area is 118 Å². The number of thiazole rings is 1. The summed E-state index contributed by atoms with van der Waals surface area (Å²) in [5.74, 6) is 0. The topological polar surface area (TPSA) is 45.2 Å². The van der Waals surface area contributed by atoms with Crippen LogP contribution in [0.4, 0.5) is 5.69 Å². The smallest absolute Gasteiger partial charge is 0.0900 e. The monoisotopic (exact) mass is 276 g/mol. The van der Waals surface area contributed by atoms with E-state index >= 15 is 0 Å². The zero-order valence-electron chi connectivity index (χ0n) is 11.6. The van der Waals surface area contributed by atoms with Crippen LogP contribution in [0.1, 0.15) is 34.1 Å². The number of aliphatic hydroxyl groups excluding tert-OH is 1. The minimum absolute atomic E-state index is 0.197. The predicted octanol–water partition coefficient (Wildman–Crippen LogP) is 3.47. The summed E-state index contributed by atoms with van der Waals surface area (Å²) in [6, 6.07) is 8.48. The van der Waals surface area contributed by atoms with Gasteiger partial charge in [0.25, 0.3) is 0 Å². The van der Waals surface area contributed by atoms with Gasteiger partial charge in [-0.2, -0.15) is 0 Å². The van der Waals surface area contributed by atoms with Crippen LogP contribution in [-0.4, -0.2) is 16.7 Å². The number of aromatic nitrogens is 1. The second-order valence-corrected chi connectivity index (χ2v) is 5.95. The lowest BCUT2D eigenvalue weighted by Gasteiger charge is -2.14. The highest BCUT2D eigenvalue weighted by atomic mass is 32.1. The molecule has 0 amide bonds. The van der Waals surface area contributed by atoms with Gasteiger partial charge < -0.3 is 10.4 Å². The first-order chi connectivity index (χ1) is 9.10. The molecule has 0 aliphatic heterocycles. The summed E-state index contributed by atoms with van der Waals surface area (Å²) in [5, 5.41) is 13.5. The number of hydrogen-bond donors (Lipinski definition) is 2. The van der Waals surface area contributed by atoms with Crippen molar-refractivity contribution in [3.63, 3.8) is 0 Å². The molecule has 4 heteroatoms. The number of aliphatic hydroxyl groups is 1. The molecule has 1 atom stereocenters. The molecule has 0 aliphatic carbocycles. The summed E-state index contributed by atoms with van der Waals surface area (Å²) in [6.07, 6.45) is 0.711. The molecular weight excluding hydrogens is 256 g/mol. The minimum atomic E-state index is 0.197. The summed E-state index contributed by atoms with van der Waals surface area (Å²) in [5.41, 5.74) is 3.37. The molecule has 2 aromatic rings. The molecule has 0 fully saturated rings. The first kappa shape index (κ1) is 14.0. The average Bonchev–Trinajstić information content (AvgIpc) is 2.71. The van der Waals surface area contributed by atoms with E-state index in [1.165, 1.54) is 4.88 Å². The standard InChI is InChI=1S/C15H20N2OS/c1-10-15(19-12(3)16-10)11(2)17-14-6-4-13(5-7-14)8-9-18/h4-7,11,17-18H,8-9H2,1-3H3. The van der Waals surface area contributed by atoms with Gasteiger partial charge in [-0.3, -0.25) is 0 Å². The second-order valence-electron chi connectivity index (χ2n) is 4.72. The van der Waals surface area contributed by atoms with Crippen molar-refractivity contribution in [3.8, 4) is 0 Å². The summed E-state index contributed by atoms with van der Waals surface area (Å²) in [7, 11) is 0. The lowest BCUT2D eigenvalue weighted by Crippen LogP contribution is -2.06. The summed E-state index contributed by atoms with van der Waals surface area (Å²) in [4.78, 5) is 5.75. The first-order valence-corrected chi connectivity index (χ1v) is 7.32. The van der Waals surface area contributed by atoms with E-state index in [9.17, 15) is 0 Å². The maximum atomic E-state index is 8.89. The van der Waals surface area contributed by atoms with E-state index < -0.39 is 0 Å². The predicted molar refractivity (Wildman–Crippen MR) is 80.9 cm³/mol. The molecule has 19 heavy (non-hydrogen) atoms. The molecule has 0 bridgehead atoms. The van der Waals surface area contributed by atoms with E-state index in [-0.39, 0.29) is 12.6 Å². The van der Waals surface area contributed by atoms with Gasteiger partial charge >= 0.3 is 0 Å². The molecule has 102 valence electrons. The van der Waals surface area contributed by atoms with Crippen LogP contribution in [0.15, 0.2) is 24.3 Å². The maximum Gasteiger partial charge on any atom is 0.0900 e. The molecule has 3 nitrogen and oxygen atoms in total. The largest absolute Gasteiger partial charge is 0.396 e. The fourth-order valence-electron chi connectivity index (χ4n) is 2.16. The van der Waals surface area contributed by atoms with Crippen molar-refractivity contribution in [2.45, 2.75) is 33.2 Å². The third-order valence-corrected chi connectivity index (χ3v) is 4.33. The summed E-state index contributed by atoms with van der Waals surface area (Å²) < 4.78 is 0. The molecule has 1 unspecified atom stereocenters. The Bertz CT molecular complexity index is 534. The van der Waals surface area contributed by atoms with Crippen LogP contribution in [0.3, 0.4) is 0 Å². The normalized spacial score (nSPS) is 12.4. The number of aryl methyl sites for hydroxylation is 2. The van der Waals surface area contributed by atoms with E-state index in [1.54, 1.807) is 11.3 Å². The van der Waals surface area contributed by atoms with Gasteiger partial charge in [-0.15, -0.1) is 11.3 Å². The van der Waals surface area contributed by atoms with Gasteiger partial charge in [-0.25, -0.2) is 4.98 Å². The Morgan fingerprint density at radius 1 is 1.26 bits per heavy atom. The van der Waals surface area contributed by atoms with Gasteiger partial charge in [-0.1, -0.05) is 12.1 Å². The second kappa shape index (κ2) is 6.17. The van der Waals surface area contributed by atoms with Gasteiger partial charge in [0, 0.05) is 17.2 Å². The van der Waals surface area contributed by atoms with Crippen LogP contribution in [0, 0.1) is 13.8 Å². The highest BCUT2D eigenvalue weighted by Crippen LogP contribution is 2.27. The van der Waals surface area contributed by atoms with E-state index in [1.807, 2.05) is 6.92 Å². The van der Waals surface area contributed by atoms with E-state index in [0.717, 1.165) is 22.0 Å². The number of rotatable bonds is 5. The minimum Gasteiger partial charge on any atom is -0.396 e. The van der Waals surface area contributed by atoms with Gasteiger partial charge in [0.1, 0.15) is 0 Å². The Hall–Kier alpha value is -1.39. The van der Waals surface area contributed by atoms with Crippen molar-refractivity contribution < 1.29 is 5.11 Å². The van der Waals surface area contributed by atoms with Crippen LogP contribution in [0.2, 0.25) is 0 Å². The van der Waals surface area contributed by atoms with Crippen molar-refractivity contribution >= 4 is 17.0 Å². The maximum absolute atomic E-state index is 8.89. The van der Waals surface area contributed by atoms with Gasteiger partial charge in [0.15, 0.2) is 0 Å². The van der Waals surface area contributed by atoms with Crippen molar-refractivity contribution in [2.75, 3.05) is 11.9 Å². The van der Waals surface area contributed by atoms with Crippen molar-refractivity contribution in [2.24, 2.45) is 0 Å². The number of hydrogen-bond acceptors (Lipinski definition) is 4. The average molecular weight is 276 g/mol. The highest BCUT2D eigenvalue weighted by molar-refractivity contribution is 7.11. The Morgan fingerprint density at radius 3 is 2.47 bits per heavy atom. The third kappa shape index (κ3) is 3.55. The van der Waals surface area contributed by atoms with Crippen LogP contribution in [0.25, 0.3) is 0 Å². The van der Waals surface area contributed by atoms with Crippen LogP contribution in [0.5, 0.6) is 0 Å². The van der Waals surface area contributed by atoms with Crippen LogP contribution >= 0.6 is 11.3 Å². The van der Waals surface area contributed by atoms with Crippen LogP contribution < -0.4 is 5.32 Å². The van der Waals surface area contributed by atoms with E-state index in [4.69, 9.17) is 5.11 Å².